The molecule has 3 aromatic rings. The van der Waals surface area contributed by atoms with Gasteiger partial charge in [-0.3, -0.25) is 0 Å². The summed E-state index contributed by atoms with van der Waals surface area (Å²) in [4.78, 5) is 0. The smallest absolute Gasteiger partial charge is 0.256 e. The van der Waals surface area contributed by atoms with Gasteiger partial charge in [-0.15, -0.1) is 0 Å². The molecule has 1 aliphatic carbocycles. The highest BCUT2D eigenvalue weighted by molar-refractivity contribution is 7.90. The summed E-state index contributed by atoms with van der Waals surface area (Å²) in [5, 5.41) is 3.73. The fourth-order valence-corrected chi connectivity index (χ4v) is 4.16. The van der Waals surface area contributed by atoms with E-state index in [1.807, 2.05) is 42.5 Å². The third-order valence-corrected chi connectivity index (χ3v) is 6.39. The van der Waals surface area contributed by atoms with Crippen molar-refractivity contribution in [2.45, 2.75) is 24.7 Å². The SMILES string of the molecule is Nc1ccc(-c2cnn(S(=O)(=O)C3CC3)c2)cc1OCc1ccccc1. The Morgan fingerprint density at radius 1 is 1.12 bits per heavy atom. The molecule has 1 heterocycles. The van der Waals surface area contributed by atoms with Crippen molar-refractivity contribution in [1.29, 1.82) is 0 Å². The molecule has 0 saturated heterocycles. The number of nitrogens with two attached hydrogens (primary N) is 1. The number of aromatic nitrogens is 2. The molecule has 134 valence electrons. The Balaban J connectivity index is 1.57. The van der Waals surface area contributed by atoms with E-state index in [2.05, 4.69) is 5.10 Å². The highest BCUT2D eigenvalue weighted by atomic mass is 32.2. The molecule has 1 fully saturated rings. The summed E-state index contributed by atoms with van der Waals surface area (Å²) in [5.41, 5.74) is 9.10. The average Bonchev–Trinajstić information content (AvgIpc) is 3.40. The largest absolute Gasteiger partial charge is 0.487 e. The standard InChI is InChI=1S/C19H19N3O3S/c20-18-9-6-15(10-19(18)25-13-14-4-2-1-3-5-14)16-11-21-22(12-16)26(23,24)17-7-8-17/h1-6,9-12,17H,7-8,13,20H2. The highest BCUT2D eigenvalue weighted by Gasteiger charge is 2.37. The van der Waals surface area contributed by atoms with E-state index in [1.54, 1.807) is 18.5 Å². The van der Waals surface area contributed by atoms with Crippen LogP contribution in [0, 0.1) is 0 Å². The van der Waals surface area contributed by atoms with Crippen molar-refractivity contribution in [3.05, 3.63) is 66.5 Å². The maximum atomic E-state index is 12.3. The zero-order valence-electron chi connectivity index (χ0n) is 14.1. The zero-order chi connectivity index (χ0) is 18.1. The van der Waals surface area contributed by atoms with Gasteiger partial charge in [-0.05, 0) is 36.1 Å². The quantitative estimate of drug-likeness (QED) is 0.675. The van der Waals surface area contributed by atoms with Crippen molar-refractivity contribution in [1.82, 2.24) is 9.19 Å². The van der Waals surface area contributed by atoms with Gasteiger partial charge in [0, 0.05) is 5.56 Å². The lowest BCUT2D eigenvalue weighted by molar-refractivity contribution is 0.308. The van der Waals surface area contributed by atoms with Crippen LogP contribution in [0.5, 0.6) is 5.75 Å². The van der Waals surface area contributed by atoms with E-state index >= 15 is 0 Å². The number of anilines is 1. The predicted molar refractivity (Wildman–Crippen MR) is 100 cm³/mol. The Labute approximate surface area is 152 Å². The summed E-state index contributed by atoms with van der Waals surface area (Å²) in [6.07, 6.45) is 4.50. The molecule has 4 rings (SSSR count). The van der Waals surface area contributed by atoms with Crippen molar-refractivity contribution >= 4 is 15.7 Å². The van der Waals surface area contributed by atoms with Crippen LogP contribution < -0.4 is 10.5 Å². The van der Waals surface area contributed by atoms with E-state index in [0.29, 0.717) is 36.4 Å². The summed E-state index contributed by atoms with van der Waals surface area (Å²) in [6.45, 7) is 0.407. The molecule has 1 aromatic heterocycles. The molecule has 0 spiro atoms. The third kappa shape index (κ3) is 3.30. The molecule has 1 aliphatic rings. The molecule has 0 bridgehead atoms. The summed E-state index contributed by atoms with van der Waals surface area (Å²) in [6, 6.07) is 15.2. The van der Waals surface area contributed by atoms with Crippen molar-refractivity contribution in [3.8, 4) is 16.9 Å². The summed E-state index contributed by atoms with van der Waals surface area (Å²) in [5.74, 6) is 0.559. The average molecular weight is 369 g/mol. The second-order valence-corrected chi connectivity index (χ2v) is 8.44. The second kappa shape index (κ2) is 6.49. The zero-order valence-corrected chi connectivity index (χ0v) is 14.9. The van der Waals surface area contributed by atoms with Crippen LogP contribution in [0.1, 0.15) is 18.4 Å². The number of ether oxygens (including phenoxy) is 1. The minimum Gasteiger partial charge on any atom is -0.487 e. The van der Waals surface area contributed by atoms with E-state index in [4.69, 9.17) is 10.5 Å². The first-order valence-corrected chi connectivity index (χ1v) is 9.90. The molecule has 2 aromatic carbocycles. The second-order valence-electron chi connectivity index (χ2n) is 6.37. The molecular weight excluding hydrogens is 350 g/mol. The van der Waals surface area contributed by atoms with Crippen molar-refractivity contribution < 1.29 is 13.2 Å². The number of rotatable bonds is 6. The highest BCUT2D eigenvalue weighted by Crippen LogP contribution is 2.32. The van der Waals surface area contributed by atoms with Gasteiger partial charge in [-0.25, -0.2) is 8.42 Å². The molecule has 0 aliphatic heterocycles. The molecule has 7 heteroatoms. The summed E-state index contributed by atoms with van der Waals surface area (Å²) < 4.78 is 31.5. The predicted octanol–water partition coefficient (Wildman–Crippen LogP) is 3.05. The van der Waals surface area contributed by atoms with E-state index in [-0.39, 0.29) is 5.25 Å². The molecule has 0 unspecified atom stereocenters. The Morgan fingerprint density at radius 2 is 1.88 bits per heavy atom. The molecule has 0 amide bonds. The normalized spacial score (nSPS) is 14.3. The van der Waals surface area contributed by atoms with Gasteiger partial charge in [0.05, 0.1) is 23.3 Å². The van der Waals surface area contributed by atoms with Gasteiger partial charge in [0.2, 0.25) is 0 Å². The monoisotopic (exact) mass is 369 g/mol. The van der Waals surface area contributed by atoms with Gasteiger partial charge in [0.1, 0.15) is 12.4 Å². The number of nitrogen functional groups attached to an aromatic ring is 1. The Kier molecular flexibility index (Phi) is 4.16. The van der Waals surface area contributed by atoms with Crippen LogP contribution in [0.3, 0.4) is 0 Å². The summed E-state index contributed by atoms with van der Waals surface area (Å²) in [7, 11) is -3.37. The number of benzene rings is 2. The molecule has 0 atom stereocenters. The number of nitrogens with zero attached hydrogens (tertiary/aromatic N) is 2. The first kappa shape index (κ1) is 16.7. The number of hydrogen-bond donors (Lipinski definition) is 1. The topological polar surface area (TPSA) is 87.2 Å². The third-order valence-electron chi connectivity index (χ3n) is 4.35. The van der Waals surface area contributed by atoms with Crippen LogP contribution in [0.4, 0.5) is 5.69 Å². The van der Waals surface area contributed by atoms with Crippen LogP contribution in [0.25, 0.3) is 11.1 Å². The van der Waals surface area contributed by atoms with Crippen LogP contribution in [-0.2, 0) is 16.6 Å². The van der Waals surface area contributed by atoms with E-state index in [9.17, 15) is 8.42 Å². The maximum Gasteiger partial charge on any atom is 0.256 e. The molecular formula is C19H19N3O3S. The lowest BCUT2D eigenvalue weighted by atomic mass is 10.1. The Hall–Kier alpha value is -2.80. The molecule has 1 saturated carbocycles. The lowest BCUT2D eigenvalue weighted by Crippen LogP contribution is -2.17. The van der Waals surface area contributed by atoms with Crippen molar-refractivity contribution in [3.63, 3.8) is 0 Å². The molecule has 0 radical (unpaired) electrons. The van der Waals surface area contributed by atoms with E-state index in [1.165, 1.54) is 0 Å². The van der Waals surface area contributed by atoms with Gasteiger partial charge in [-0.2, -0.15) is 9.19 Å². The van der Waals surface area contributed by atoms with Crippen molar-refractivity contribution in [2.24, 2.45) is 0 Å². The minimum absolute atomic E-state index is 0.300. The maximum absolute atomic E-state index is 12.3. The van der Waals surface area contributed by atoms with Crippen LogP contribution in [0.15, 0.2) is 60.9 Å². The Bertz CT molecular complexity index is 1030. The van der Waals surface area contributed by atoms with E-state index in [0.717, 1.165) is 15.2 Å². The first-order valence-electron chi connectivity index (χ1n) is 8.40. The fourth-order valence-electron chi connectivity index (χ4n) is 2.69. The van der Waals surface area contributed by atoms with Crippen LogP contribution in [-0.4, -0.2) is 22.9 Å². The van der Waals surface area contributed by atoms with Gasteiger partial charge < -0.3 is 10.5 Å². The van der Waals surface area contributed by atoms with E-state index < -0.39 is 10.0 Å². The molecule has 26 heavy (non-hydrogen) atoms. The van der Waals surface area contributed by atoms with Crippen LogP contribution >= 0.6 is 0 Å². The first-order chi connectivity index (χ1) is 12.5. The van der Waals surface area contributed by atoms with Gasteiger partial charge in [0.25, 0.3) is 10.0 Å². The van der Waals surface area contributed by atoms with Gasteiger partial charge >= 0.3 is 0 Å². The minimum atomic E-state index is -3.37. The van der Waals surface area contributed by atoms with Crippen LogP contribution in [0.2, 0.25) is 0 Å². The number of hydrogen-bond acceptors (Lipinski definition) is 5. The Morgan fingerprint density at radius 3 is 2.62 bits per heavy atom. The fraction of sp³-hybridized carbons (Fsp3) is 0.211. The van der Waals surface area contributed by atoms with Gasteiger partial charge in [-0.1, -0.05) is 36.4 Å². The summed E-state index contributed by atoms with van der Waals surface area (Å²) >= 11 is 0. The van der Waals surface area contributed by atoms with Gasteiger partial charge in [0.15, 0.2) is 0 Å². The molecule has 6 nitrogen and oxygen atoms in total. The lowest BCUT2D eigenvalue weighted by Gasteiger charge is -2.10. The van der Waals surface area contributed by atoms with Crippen molar-refractivity contribution in [2.75, 3.05) is 5.73 Å². The molecule has 2 N–H and O–H groups in total.